The Morgan fingerprint density at radius 1 is 0.456 bits per heavy atom. The molecule has 12 aliphatic heterocycles. The summed E-state index contributed by atoms with van der Waals surface area (Å²) in [5.74, 6) is -9.69. The molecule has 28 heteroatoms. The van der Waals surface area contributed by atoms with Gasteiger partial charge in [-0.1, -0.05) is 48.5 Å². The number of sulfonamides is 1. The van der Waals surface area contributed by atoms with Crippen LogP contribution in [-0.4, -0.2) is 141 Å². The molecular formula is C62H91NO26S. The van der Waals surface area contributed by atoms with Gasteiger partial charge in [-0.2, -0.15) is 4.72 Å². The van der Waals surface area contributed by atoms with Crippen molar-refractivity contribution in [1.29, 1.82) is 0 Å². The fraction of sp³-hybridized carbons (Fsp3) is 0.903. The van der Waals surface area contributed by atoms with Crippen LogP contribution in [0.2, 0.25) is 0 Å². The maximum Gasteiger partial charge on any atom is 0.308 e. The Kier molecular flexibility index (Phi) is 17.8. The zero-order valence-electron chi connectivity index (χ0n) is 53.5. The number of esters is 6. The van der Waals surface area contributed by atoms with Gasteiger partial charge in [0, 0.05) is 54.3 Å². The van der Waals surface area contributed by atoms with Gasteiger partial charge in [0.05, 0.1) is 44.8 Å². The van der Waals surface area contributed by atoms with Crippen LogP contribution in [-0.2, 0) is 125 Å². The van der Waals surface area contributed by atoms with E-state index in [-0.39, 0.29) is 47.3 Å². The van der Waals surface area contributed by atoms with Crippen molar-refractivity contribution in [2.24, 2.45) is 70.5 Å². The molecule has 3 spiro atoms. The van der Waals surface area contributed by atoms with E-state index in [1.165, 1.54) is 0 Å². The van der Waals surface area contributed by atoms with Crippen molar-refractivity contribution < 1.29 is 123 Å². The van der Waals surface area contributed by atoms with E-state index in [0.29, 0.717) is 31.6 Å². The minimum absolute atomic E-state index is 0.0326. The second kappa shape index (κ2) is 24.2. The molecule has 15 aliphatic rings. The summed E-state index contributed by atoms with van der Waals surface area (Å²) in [7, 11) is -4.45. The molecule has 6 bridgehead atoms. The lowest BCUT2D eigenvalue weighted by Crippen LogP contribution is -2.74. The molecule has 506 valence electrons. The van der Waals surface area contributed by atoms with Crippen molar-refractivity contribution in [2.45, 2.75) is 262 Å². The van der Waals surface area contributed by atoms with E-state index in [9.17, 15) is 37.2 Å². The Bertz CT molecular complexity index is 2900. The van der Waals surface area contributed by atoms with Crippen molar-refractivity contribution in [3.05, 3.63) is 0 Å². The van der Waals surface area contributed by atoms with Gasteiger partial charge in [-0.3, -0.25) is 28.8 Å². The van der Waals surface area contributed by atoms with Gasteiger partial charge in [0.1, 0.15) is 13.2 Å². The van der Waals surface area contributed by atoms with Gasteiger partial charge in [0.15, 0.2) is 35.7 Å². The molecule has 0 aromatic carbocycles. The molecule has 0 radical (unpaired) electrons. The largest absolute Gasteiger partial charge is 0.460 e. The van der Waals surface area contributed by atoms with E-state index < -0.39 is 192 Å². The quantitative estimate of drug-likeness (QED) is 0.0598. The van der Waals surface area contributed by atoms with Crippen LogP contribution in [0.1, 0.15) is 185 Å². The third kappa shape index (κ3) is 11.7. The van der Waals surface area contributed by atoms with Crippen LogP contribution in [0.4, 0.5) is 0 Å². The number of carbonyl (C=O) groups is 6. The third-order valence-electron chi connectivity index (χ3n) is 23.0. The van der Waals surface area contributed by atoms with Gasteiger partial charge in [-0.15, -0.1) is 0 Å². The first-order valence-electron chi connectivity index (χ1n) is 32.6. The number of rotatable bonds is 19. The highest BCUT2D eigenvalue weighted by molar-refractivity contribution is 7.88. The van der Waals surface area contributed by atoms with Crippen LogP contribution < -0.4 is 4.72 Å². The lowest BCUT2D eigenvalue weighted by molar-refractivity contribution is -0.586. The highest BCUT2D eigenvalue weighted by Gasteiger charge is 2.76. The van der Waals surface area contributed by atoms with E-state index in [2.05, 4.69) is 32.4 Å². The molecule has 0 aromatic rings. The van der Waals surface area contributed by atoms with Crippen LogP contribution in [0.5, 0.6) is 0 Å². The molecule has 90 heavy (non-hydrogen) atoms. The van der Waals surface area contributed by atoms with Gasteiger partial charge in [-0.05, 0) is 114 Å². The van der Waals surface area contributed by atoms with Crippen molar-refractivity contribution >= 4 is 45.8 Å². The van der Waals surface area contributed by atoms with E-state index in [0.717, 1.165) is 57.6 Å². The molecule has 3 saturated carbocycles. The maximum atomic E-state index is 14.0. The number of fused-ring (bicyclic) bond motifs is 6. The van der Waals surface area contributed by atoms with E-state index >= 15 is 0 Å². The third-order valence-corrected chi connectivity index (χ3v) is 23.8. The SMILES string of the molecule is C[C@H]1[C@H](OC(=O)CCC(=O)OCC(COC(=O)CCC(=O)O[C@H]2O[C@H]3OC4(C)CC[C@@H]5[C@@H](C)CC[C@](C)([C@@H]2C)[C@]35OO4)(NS(C)(=O)=O)OC(=O)CCC(=O)O[C@@H]2O[C@@H]3OC4(C)CC[C@H]5[C@H](C)CC[C@@H]([C@H]2C)[C@@]35OO4)O[C@@H]2OC3(C)CC[C@H]4[C@H](C)CC[C@@H]1[C@@]24OO3. The first-order valence-corrected chi connectivity index (χ1v) is 34.5. The molecule has 0 aromatic heterocycles. The first-order chi connectivity index (χ1) is 42.4. The summed E-state index contributed by atoms with van der Waals surface area (Å²) < 4.78 is 101. The number of hydrogen-bond donors (Lipinski definition) is 1. The summed E-state index contributed by atoms with van der Waals surface area (Å²) in [6.07, 6.45) is -0.0367. The highest BCUT2D eigenvalue weighted by atomic mass is 32.2. The van der Waals surface area contributed by atoms with E-state index in [4.69, 9.17) is 86.2 Å². The molecule has 12 saturated heterocycles. The molecule has 3 aliphatic carbocycles. The minimum Gasteiger partial charge on any atom is -0.460 e. The molecule has 15 fully saturated rings. The Labute approximate surface area is 524 Å². The van der Waals surface area contributed by atoms with Crippen LogP contribution in [0, 0.1) is 70.5 Å². The summed E-state index contributed by atoms with van der Waals surface area (Å²) >= 11 is 0. The second-order valence-electron chi connectivity index (χ2n) is 29.1. The van der Waals surface area contributed by atoms with Crippen LogP contribution in [0.3, 0.4) is 0 Å². The maximum absolute atomic E-state index is 14.0. The summed E-state index contributed by atoms with van der Waals surface area (Å²) in [4.78, 5) is 119. The van der Waals surface area contributed by atoms with Crippen LogP contribution in [0.15, 0.2) is 0 Å². The zero-order valence-corrected chi connectivity index (χ0v) is 54.3. The summed E-state index contributed by atoms with van der Waals surface area (Å²) in [5.41, 5.74) is -6.13. The number of carbonyl (C=O) groups excluding carboxylic acids is 6. The number of nitrogens with one attached hydrogen (secondary N) is 1. The summed E-state index contributed by atoms with van der Waals surface area (Å²) in [6, 6.07) is 0. The van der Waals surface area contributed by atoms with Crippen LogP contribution in [0.25, 0.3) is 0 Å². The molecule has 15 rings (SSSR count). The topological polar surface area (TPSA) is 315 Å². The fourth-order valence-corrected chi connectivity index (χ4v) is 18.7. The van der Waals surface area contributed by atoms with Crippen LogP contribution >= 0.6 is 0 Å². The standard InChI is InChI=1S/C62H91NO26S/c1-32-12-14-41-35(4)49(77-52-60(41)38(32)23-27-56(8,81-52)84-87-60)74-45(66)18-16-43(64)72-30-59(63-90(11,70)71,80-48(69)21-20-46(67)75-50-36(5)42-15-13-33(2)39-24-28-57(9)82-53(78-50)61(39,42)88-85-57)31-73-44(65)17-19-47(68)76-51-37(6)55(7)26-22-34(3)40-25-29-58(10)83-54(79-51)62(40,55)89-86-58/h32-42,49-54,63H,12-31H2,1-11H3/t32-,33-,34+,35-,36-,37-,38+,39+,40-,41+,42+,49-,50-,51+,52-,53-,54+,55-,56?,57?,58?,59?,60-,61-,62-/m1/s1. The van der Waals surface area contributed by atoms with Gasteiger partial charge >= 0.3 is 35.8 Å². The Morgan fingerprint density at radius 3 is 1.33 bits per heavy atom. The molecular weight excluding hydrogens is 1210 g/mol. The lowest BCUT2D eigenvalue weighted by atomic mass is 9.50. The van der Waals surface area contributed by atoms with Crippen molar-refractivity contribution in [3.63, 3.8) is 0 Å². The average molecular weight is 1300 g/mol. The predicted molar refractivity (Wildman–Crippen MR) is 300 cm³/mol. The second-order valence-corrected chi connectivity index (χ2v) is 30.8. The molecule has 4 unspecified atom stereocenters. The number of ether oxygens (including phenoxy) is 12. The van der Waals surface area contributed by atoms with Crippen molar-refractivity contribution in [3.8, 4) is 0 Å². The van der Waals surface area contributed by atoms with Gasteiger partial charge in [-0.25, -0.2) is 37.7 Å². The Morgan fingerprint density at radius 2 is 0.856 bits per heavy atom. The fourth-order valence-electron chi connectivity index (χ4n) is 17.8. The Balaban J connectivity index is 0.696. The smallest absolute Gasteiger partial charge is 0.308 e. The van der Waals surface area contributed by atoms with Gasteiger partial charge < -0.3 is 56.8 Å². The van der Waals surface area contributed by atoms with Gasteiger partial charge in [0.25, 0.3) is 0 Å². The van der Waals surface area contributed by atoms with Gasteiger partial charge in [0.2, 0.25) is 52.0 Å². The highest BCUT2D eigenvalue weighted by Crippen LogP contribution is 2.67. The molecule has 0 amide bonds. The summed E-state index contributed by atoms with van der Waals surface area (Å²) in [5, 5.41) is 0. The first kappa shape index (κ1) is 66.3. The number of hydrogen-bond acceptors (Lipinski definition) is 26. The summed E-state index contributed by atoms with van der Waals surface area (Å²) in [6.45, 7) is 17.4. The molecule has 12 heterocycles. The Hall–Kier alpha value is -3.75. The molecule has 1 N–H and O–H groups in total. The predicted octanol–water partition coefficient (Wildman–Crippen LogP) is 6.85. The van der Waals surface area contributed by atoms with Crippen molar-refractivity contribution in [2.75, 3.05) is 19.5 Å². The van der Waals surface area contributed by atoms with Crippen molar-refractivity contribution in [1.82, 2.24) is 4.72 Å². The van der Waals surface area contributed by atoms with E-state index in [1.807, 2.05) is 20.8 Å². The normalized spacial score (nSPS) is 46.8. The van der Waals surface area contributed by atoms with E-state index in [1.54, 1.807) is 20.8 Å². The lowest BCUT2D eigenvalue weighted by Gasteiger charge is -2.65. The average Bonchev–Trinajstić information content (AvgIpc) is 1.25. The zero-order chi connectivity index (χ0) is 64.4. The molecule has 27 nitrogen and oxygen atoms in total. The molecule has 25 atom stereocenters. The monoisotopic (exact) mass is 1300 g/mol. The minimum atomic E-state index is -4.45.